The van der Waals surface area contributed by atoms with Gasteiger partial charge in [0.15, 0.2) is 0 Å². The van der Waals surface area contributed by atoms with E-state index >= 15 is 0 Å². The lowest BCUT2D eigenvalue weighted by atomic mass is 9.87. The molecule has 0 aromatic heterocycles. The van der Waals surface area contributed by atoms with Crippen molar-refractivity contribution >= 4 is 0 Å². The highest BCUT2D eigenvalue weighted by Crippen LogP contribution is 2.41. The summed E-state index contributed by atoms with van der Waals surface area (Å²) >= 11 is 0. The van der Waals surface area contributed by atoms with Crippen LogP contribution >= 0.6 is 0 Å². The molecule has 0 amide bonds. The quantitative estimate of drug-likeness (QED) is 0.615. The minimum absolute atomic E-state index is 0.596. The molecule has 1 heteroatoms. The number of hydrogen-bond acceptors (Lipinski definition) is 1. The fourth-order valence-electron chi connectivity index (χ4n) is 3.17. The Morgan fingerprint density at radius 3 is 2.67 bits per heavy atom. The average Bonchev–Trinajstić information content (AvgIpc) is 2.39. The molecule has 1 nitrogen and oxygen atoms in total. The van der Waals surface area contributed by atoms with Crippen LogP contribution in [0.4, 0.5) is 0 Å². The van der Waals surface area contributed by atoms with Gasteiger partial charge < -0.3 is 4.74 Å². The van der Waals surface area contributed by atoms with Crippen LogP contribution in [0.3, 0.4) is 0 Å². The van der Waals surface area contributed by atoms with E-state index in [4.69, 9.17) is 4.74 Å². The molecular weight excluding hydrogens is 220 g/mol. The molecule has 1 heterocycles. The van der Waals surface area contributed by atoms with Gasteiger partial charge in [0.2, 0.25) is 0 Å². The third-order valence-electron chi connectivity index (χ3n) is 4.28. The van der Waals surface area contributed by atoms with Crippen LogP contribution in [0, 0.1) is 6.92 Å². The van der Waals surface area contributed by atoms with Crippen molar-refractivity contribution in [1.82, 2.24) is 0 Å². The van der Waals surface area contributed by atoms with Crippen molar-refractivity contribution in [2.45, 2.75) is 58.3 Å². The van der Waals surface area contributed by atoms with Crippen LogP contribution in [0.5, 0.6) is 5.75 Å². The molecule has 2 aliphatic rings. The standard InChI is InChI=1S/C17H22O/c1-12-8-9-15-13(2)11-16(18-17(15)10-12)14-6-4-3-5-7-14/h8-10,13H,3-7,11H2,1-2H3. The summed E-state index contributed by atoms with van der Waals surface area (Å²) in [6.07, 6.45) is 7.67. The zero-order valence-corrected chi connectivity index (χ0v) is 11.5. The van der Waals surface area contributed by atoms with E-state index in [1.807, 2.05) is 0 Å². The Morgan fingerprint density at radius 1 is 1.11 bits per heavy atom. The number of benzene rings is 1. The SMILES string of the molecule is Cc1ccc2c(c1)OC(=C1CCCCC1)CC2C. The molecule has 1 fully saturated rings. The lowest BCUT2D eigenvalue weighted by Crippen LogP contribution is -2.14. The van der Waals surface area contributed by atoms with Crippen molar-refractivity contribution in [3.63, 3.8) is 0 Å². The van der Waals surface area contributed by atoms with E-state index in [2.05, 4.69) is 32.0 Å². The van der Waals surface area contributed by atoms with E-state index in [1.165, 1.54) is 49.0 Å². The number of ether oxygens (including phenoxy) is 1. The fourth-order valence-corrected chi connectivity index (χ4v) is 3.17. The smallest absolute Gasteiger partial charge is 0.130 e. The van der Waals surface area contributed by atoms with Crippen LogP contribution in [0.15, 0.2) is 29.5 Å². The maximum Gasteiger partial charge on any atom is 0.130 e. The van der Waals surface area contributed by atoms with Crippen molar-refractivity contribution in [2.75, 3.05) is 0 Å². The molecule has 0 saturated heterocycles. The third kappa shape index (κ3) is 2.19. The number of aryl methyl sites for hydroxylation is 1. The Labute approximate surface area is 110 Å². The summed E-state index contributed by atoms with van der Waals surface area (Å²) in [6.45, 7) is 4.45. The number of rotatable bonds is 0. The molecule has 18 heavy (non-hydrogen) atoms. The normalized spacial score (nSPS) is 23.6. The van der Waals surface area contributed by atoms with Gasteiger partial charge in [-0.05, 0) is 61.3 Å². The minimum atomic E-state index is 0.596. The Bertz CT molecular complexity index is 476. The summed E-state index contributed by atoms with van der Waals surface area (Å²) in [5.74, 6) is 2.97. The molecule has 0 N–H and O–H groups in total. The van der Waals surface area contributed by atoms with E-state index in [0.717, 1.165) is 12.2 Å². The van der Waals surface area contributed by atoms with Crippen LogP contribution in [0.2, 0.25) is 0 Å². The first kappa shape index (κ1) is 11.8. The number of allylic oxidation sites excluding steroid dienone is 2. The second-order valence-electron chi connectivity index (χ2n) is 5.84. The van der Waals surface area contributed by atoms with Gasteiger partial charge in [0.05, 0.1) is 0 Å². The molecular formula is C17H22O. The molecule has 1 atom stereocenters. The van der Waals surface area contributed by atoms with Gasteiger partial charge in [0.1, 0.15) is 11.5 Å². The second-order valence-corrected chi connectivity index (χ2v) is 5.84. The number of fused-ring (bicyclic) bond motifs is 1. The molecule has 1 aromatic rings. The summed E-state index contributed by atoms with van der Waals surface area (Å²) in [5.41, 5.74) is 4.25. The topological polar surface area (TPSA) is 9.23 Å². The highest BCUT2D eigenvalue weighted by molar-refractivity contribution is 5.43. The van der Waals surface area contributed by atoms with Gasteiger partial charge in [-0.2, -0.15) is 0 Å². The first-order chi connectivity index (χ1) is 8.74. The van der Waals surface area contributed by atoms with E-state index in [9.17, 15) is 0 Å². The van der Waals surface area contributed by atoms with Crippen LogP contribution in [0.25, 0.3) is 0 Å². The van der Waals surface area contributed by atoms with Crippen LogP contribution in [-0.2, 0) is 0 Å². The monoisotopic (exact) mass is 242 g/mol. The molecule has 0 radical (unpaired) electrons. The molecule has 3 rings (SSSR count). The maximum absolute atomic E-state index is 6.20. The lowest BCUT2D eigenvalue weighted by Gasteiger charge is -2.28. The van der Waals surface area contributed by atoms with Gasteiger partial charge in [-0.15, -0.1) is 0 Å². The molecule has 96 valence electrons. The Hall–Kier alpha value is -1.24. The highest BCUT2D eigenvalue weighted by Gasteiger charge is 2.24. The first-order valence-electron chi connectivity index (χ1n) is 7.23. The Morgan fingerprint density at radius 2 is 1.89 bits per heavy atom. The molecule has 1 aromatic carbocycles. The zero-order valence-electron chi connectivity index (χ0n) is 11.5. The Kier molecular flexibility index (Phi) is 3.15. The van der Waals surface area contributed by atoms with Crippen LogP contribution < -0.4 is 4.74 Å². The molecule has 1 aliphatic carbocycles. The molecule has 0 spiro atoms. The van der Waals surface area contributed by atoms with Gasteiger partial charge in [-0.1, -0.05) is 25.5 Å². The highest BCUT2D eigenvalue weighted by atomic mass is 16.5. The third-order valence-corrected chi connectivity index (χ3v) is 4.28. The molecule has 1 saturated carbocycles. The molecule has 1 aliphatic heterocycles. The van der Waals surface area contributed by atoms with E-state index in [-0.39, 0.29) is 0 Å². The van der Waals surface area contributed by atoms with Crippen molar-refractivity contribution in [2.24, 2.45) is 0 Å². The van der Waals surface area contributed by atoms with Crippen LogP contribution in [0.1, 0.15) is 62.5 Å². The predicted octanol–water partition coefficient (Wildman–Crippen LogP) is 5.10. The summed E-state index contributed by atoms with van der Waals surface area (Å²) in [7, 11) is 0. The van der Waals surface area contributed by atoms with Gasteiger partial charge >= 0.3 is 0 Å². The van der Waals surface area contributed by atoms with Gasteiger partial charge in [0.25, 0.3) is 0 Å². The van der Waals surface area contributed by atoms with Crippen molar-refractivity contribution < 1.29 is 4.74 Å². The fraction of sp³-hybridized carbons (Fsp3) is 0.529. The van der Waals surface area contributed by atoms with E-state index in [1.54, 1.807) is 5.57 Å². The van der Waals surface area contributed by atoms with Crippen molar-refractivity contribution in [1.29, 1.82) is 0 Å². The summed E-state index contributed by atoms with van der Waals surface area (Å²) < 4.78 is 6.20. The van der Waals surface area contributed by atoms with E-state index in [0.29, 0.717) is 5.92 Å². The molecule has 0 bridgehead atoms. The van der Waals surface area contributed by atoms with Crippen molar-refractivity contribution in [3.05, 3.63) is 40.7 Å². The lowest BCUT2D eigenvalue weighted by molar-refractivity contribution is 0.344. The maximum atomic E-state index is 6.20. The largest absolute Gasteiger partial charge is 0.461 e. The second kappa shape index (κ2) is 4.79. The minimum Gasteiger partial charge on any atom is -0.461 e. The van der Waals surface area contributed by atoms with Gasteiger partial charge in [0, 0.05) is 6.42 Å². The Balaban J connectivity index is 1.94. The summed E-state index contributed by atoms with van der Waals surface area (Å²) in [4.78, 5) is 0. The predicted molar refractivity (Wildman–Crippen MR) is 75.0 cm³/mol. The van der Waals surface area contributed by atoms with Crippen molar-refractivity contribution in [3.8, 4) is 5.75 Å². The summed E-state index contributed by atoms with van der Waals surface area (Å²) in [5, 5.41) is 0. The van der Waals surface area contributed by atoms with Gasteiger partial charge in [-0.3, -0.25) is 0 Å². The van der Waals surface area contributed by atoms with Gasteiger partial charge in [-0.25, -0.2) is 0 Å². The van der Waals surface area contributed by atoms with Crippen LogP contribution in [-0.4, -0.2) is 0 Å². The molecule has 1 unspecified atom stereocenters. The zero-order chi connectivity index (χ0) is 12.5. The summed E-state index contributed by atoms with van der Waals surface area (Å²) in [6, 6.07) is 6.61. The number of hydrogen-bond donors (Lipinski definition) is 0. The van der Waals surface area contributed by atoms with E-state index < -0.39 is 0 Å². The first-order valence-corrected chi connectivity index (χ1v) is 7.23. The average molecular weight is 242 g/mol.